The molecular formula is C22H23ClFN3O. The summed E-state index contributed by atoms with van der Waals surface area (Å²) in [5.41, 5.74) is 3.15. The second-order valence-corrected chi connectivity index (χ2v) is 7.54. The SMILES string of the molecule is CCC(=O)N1CC[C@H](Nc2ccc(C#N)c(Cl)c2)C1Cc1cc(F)ccc1C. The Morgan fingerprint density at radius 1 is 1.36 bits per heavy atom. The van der Waals surface area contributed by atoms with Crippen molar-refractivity contribution in [3.63, 3.8) is 0 Å². The van der Waals surface area contributed by atoms with Crippen molar-refractivity contribution in [1.82, 2.24) is 4.90 Å². The number of nitriles is 1. The van der Waals surface area contributed by atoms with Gasteiger partial charge in [0.05, 0.1) is 16.6 Å². The van der Waals surface area contributed by atoms with Gasteiger partial charge in [-0.2, -0.15) is 5.26 Å². The van der Waals surface area contributed by atoms with Crippen molar-refractivity contribution in [3.8, 4) is 6.07 Å². The summed E-state index contributed by atoms with van der Waals surface area (Å²) < 4.78 is 13.8. The number of carbonyl (C=O) groups excluding carboxylic acids is 1. The van der Waals surface area contributed by atoms with E-state index in [0.29, 0.717) is 30.0 Å². The number of halogens is 2. The maximum Gasteiger partial charge on any atom is 0.222 e. The van der Waals surface area contributed by atoms with Gasteiger partial charge in [-0.3, -0.25) is 4.79 Å². The molecule has 1 amide bonds. The van der Waals surface area contributed by atoms with Crippen molar-refractivity contribution < 1.29 is 9.18 Å². The number of hydrogen-bond donors (Lipinski definition) is 1. The summed E-state index contributed by atoms with van der Waals surface area (Å²) in [6, 6.07) is 12.0. The standard InChI is InChI=1S/C22H23ClFN3O/c1-3-22(28)27-9-8-20(26-18-7-5-15(13-25)19(23)12-18)21(27)11-16-10-17(24)6-4-14(16)2/h4-7,10,12,20-21,26H,3,8-9,11H2,1-2H3/t20-,21?/m0/s1. The second-order valence-electron chi connectivity index (χ2n) is 7.13. The number of benzene rings is 2. The number of amides is 1. The van der Waals surface area contributed by atoms with E-state index >= 15 is 0 Å². The van der Waals surface area contributed by atoms with Crippen LogP contribution in [0.4, 0.5) is 10.1 Å². The molecule has 1 saturated heterocycles. The fraction of sp³-hybridized carbons (Fsp3) is 0.364. The first-order valence-electron chi connectivity index (χ1n) is 9.43. The predicted molar refractivity (Wildman–Crippen MR) is 109 cm³/mol. The van der Waals surface area contributed by atoms with Gasteiger partial charge in [0.1, 0.15) is 11.9 Å². The van der Waals surface area contributed by atoms with Gasteiger partial charge in [-0.15, -0.1) is 0 Å². The molecule has 6 heteroatoms. The normalized spacial score (nSPS) is 18.8. The van der Waals surface area contributed by atoms with E-state index < -0.39 is 0 Å². The fourth-order valence-corrected chi connectivity index (χ4v) is 4.00. The van der Waals surface area contributed by atoms with Crippen molar-refractivity contribution in [3.05, 3.63) is 63.9 Å². The zero-order valence-corrected chi connectivity index (χ0v) is 16.8. The third-order valence-electron chi connectivity index (χ3n) is 5.35. The Morgan fingerprint density at radius 3 is 2.82 bits per heavy atom. The maximum absolute atomic E-state index is 13.8. The molecule has 1 aliphatic heterocycles. The Hall–Kier alpha value is -2.58. The van der Waals surface area contributed by atoms with Gasteiger partial charge in [0.15, 0.2) is 0 Å². The highest BCUT2D eigenvalue weighted by Gasteiger charge is 2.36. The first-order chi connectivity index (χ1) is 13.4. The van der Waals surface area contributed by atoms with E-state index in [1.807, 2.05) is 24.8 Å². The molecule has 0 spiro atoms. The average molecular weight is 400 g/mol. The van der Waals surface area contributed by atoms with Gasteiger partial charge in [0, 0.05) is 24.7 Å². The molecule has 1 unspecified atom stereocenters. The van der Waals surface area contributed by atoms with E-state index in [2.05, 4.69) is 11.4 Å². The molecule has 0 saturated carbocycles. The maximum atomic E-state index is 13.8. The van der Waals surface area contributed by atoms with Gasteiger partial charge in [0.25, 0.3) is 0 Å². The summed E-state index contributed by atoms with van der Waals surface area (Å²) in [5.74, 6) is -0.170. The molecule has 1 N–H and O–H groups in total. The van der Waals surface area contributed by atoms with Crippen LogP contribution in [0, 0.1) is 24.1 Å². The number of hydrogen-bond acceptors (Lipinski definition) is 3. The Morgan fingerprint density at radius 2 is 2.14 bits per heavy atom. The molecule has 1 aliphatic rings. The van der Waals surface area contributed by atoms with Gasteiger partial charge < -0.3 is 10.2 Å². The minimum absolute atomic E-state index is 0.0159. The van der Waals surface area contributed by atoms with Crippen LogP contribution in [0.3, 0.4) is 0 Å². The summed E-state index contributed by atoms with van der Waals surface area (Å²) in [6.45, 7) is 4.47. The smallest absolute Gasteiger partial charge is 0.222 e. The average Bonchev–Trinajstić information content (AvgIpc) is 3.06. The van der Waals surface area contributed by atoms with Gasteiger partial charge >= 0.3 is 0 Å². The molecule has 0 bridgehead atoms. The highest BCUT2D eigenvalue weighted by Crippen LogP contribution is 2.28. The lowest BCUT2D eigenvalue weighted by molar-refractivity contribution is -0.131. The Labute approximate surface area is 169 Å². The van der Waals surface area contributed by atoms with Crippen LogP contribution >= 0.6 is 11.6 Å². The van der Waals surface area contributed by atoms with Gasteiger partial charge in [-0.25, -0.2) is 4.39 Å². The molecule has 2 atom stereocenters. The van der Waals surface area contributed by atoms with Crippen molar-refractivity contribution >= 4 is 23.2 Å². The topological polar surface area (TPSA) is 56.1 Å². The molecule has 0 radical (unpaired) electrons. The van der Waals surface area contributed by atoms with Crippen LogP contribution in [-0.4, -0.2) is 29.4 Å². The van der Waals surface area contributed by atoms with E-state index in [9.17, 15) is 9.18 Å². The molecule has 146 valence electrons. The lowest BCUT2D eigenvalue weighted by atomic mass is 9.96. The molecule has 1 heterocycles. The number of likely N-dealkylation sites (tertiary alicyclic amines) is 1. The van der Waals surface area contributed by atoms with E-state index in [1.54, 1.807) is 24.3 Å². The highest BCUT2D eigenvalue weighted by molar-refractivity contribution is 6.32. The zero-order valence-electron chi connectivity index (χ0n) is 16.0. The zero-order chi connectivity index (χ0) is 20.3. The van der Waals surface area contributed by atoms with Crippen molar-refractivity contribution in [1.29, 1.82) is 5.26 Å². The van der Waals surface area contributed by atoms with Crippen LogP contribution in [0.15, 0.2) is 36.4 Å². The van der Waals surface area contributed by atoms with E-state index in [0.717, 1.165) is 23.2 Å². The molecule has 28 heavy (non-hydrogen) atoms. The molecule has 2 aromatic rings. The molecule has 3 rings (SSSR count). The summed E-state index contributed by atoms with van der Waals surface area (Å²) in [6.07, 6.45) is 1.81. The third-order valence-corrected chi connectivity index (χ3v) is 5.66. The number of rotatable bonds is 5. The van der Waals surface area contributed by atoms with E-state index in [-0.39, 0.29) is 23.8 Å². The van der Waals surface area contributed by atoms with Crippen LogP contribution in [0.1, 0.15) is 36.5 Å². The third kappa shape index (κ3) is 4.28. The van der Waals surface area contributed by atoms with Crippen LogP contribution in [0.2, 0.25) is 5.02 Å². The van der Waals surface area contributed by atoms with E-state index in [1.165, 1.54) is 6.07 Å². The monoisotopic (exact) mass is 399 g/mol. The van der Waals surface area contributed by atoms with Crippen molar-refractivity contribution in [2.75, 3.05) is 11.9 Å². The molecule has 1 fully saturated rings. The Bertz CT molecular complexity index is 924. The molecule has 2 aromatic carbocycles. The van der Waals surface area contributed by atoms with Gasteiger partial charge in [0.2, 0.25) is 5.91 Å². The van der Waals surface area contributed by atoms with Crippen LogP contribution < -0.4 is 5.32 Å². The van der Waals surface area contributed by atoms with Crippen LogP contribution in [-0.2, 0) is 11.2 Å². The quantitative estimate of drug-likeness (QED) is 0.793. The first-order valence-corrected chi connectivity index (χ1v) is 9.81. The van der Waals surface area contributed by atoms with Crippen LogP contribution in [0.5, 0.6) is 0 Å². The lowest BCUT2D eigenvalue weighted by Gasteiger charge is -2.30. The second kappa shape index (κ2) is 8.62. The fourth-order valence-electron chi connectivity index (χ4n) is 3.78. The Kier molecular flexibility index (Phi) is 6.21. The summed E-state index contributed by atoms with van der Waals surface area (Å²) in [4.78, 5) is 14.4. The summed E-state index contributed by atoms with van der Waals surface area (Å²) >= 11 is 6.15. The van der Waals surface area contributed by atoms with Crippen molar-refractivity contribution in [2.24, 2.45) is 0 Å². The largest absolute Gasteiger partial charge is 0.380 e. The first kappa shape index (κ1) is 20.2. The van der Waals surface area contributed by atoms with Gasteiger partial charge in [-0.05, 0) is 61.2 Å². The van der Waals surface area contributed by atoms with Gasteiger partial charge in [-0.1, -0.05) is 24.6 Å². The lowest BCUT2D eigenvalue weighted by Crippen LogP contribution is -2.43. The molecular weight excluding hydrogens is 377 g/mol. The highest BCUT2D eigenvalue weighted by atomic mass is 35.5. The number of aryl methyl sites for hydroxylation is 1. The summed E-state index contributed by atoms with van der Waals surface area (Å²) in [7, 11) is 0. The van der Waals surface area contributed by atoms with Crippen molar-refractivity contribution in [2.45, 2.75) is 45.2 Å². The van der Waals surface area contributed by atoms with E-state index in [4.69, 9.17) is 16.9 Å². The van der Waals surface area contributed by atoms with Crippen LogP contribution in [0.25, 0.3) is 0 Å². The number of nitrogens with one attached hydrogen (secondary N) is 1. The minimum Gasteiger partial charge on any atom is -0.380 e. The number of nitrogens with zero attached hydrogens (tertiary/aromatic N) is 2. The predicted octanol–water partition coefficient (Wildman–Crippen LogP) is 4.69. The number of anilines is 1. The number of carbonyl (C=O) groups is 1. The molecule has 0 aliphatic carbocycles. The molecule has 4 nitrogen and oxygen atoms in total. The minimum atomic E-state index is -0.268. The summed E-state index contributed by atoms with van der Waals surface area (Å²) in [5, 5.41) is 12.9. The Balaban J connectivity index is 1.86. The molecule has 0 aromatic heterocycles.